The number of carbonyl (C=O) groups is 2. The maximum Gasteiger partial charge on any atom is 0.227 e. The Morgan fingerprint density at radius 3 is 2.64 bits per heavy atom. The van der Waals surface area contributed by atoms with Crippen LogP contribution in [0.4, 0.5) is 0 Å². The predicted molar refractivity (Wildman–Crippen MR) is 107 cm³/mol. The van der Waals surface area contributed by atoms with E-state index in [-0.39, 0.29) is 36.2 Å². The molecule has 0 radical (unpaired) electrons. The van der Waals surface area contributed by atoms with E-state index in [0.717, 1.165) is 5.56 Å². The highest BCUT2D eigenvalue weighted by molar-refractivity contribution is 6.30. The summed E-state index contributed by atoms with van der Waals surface area (Å²) in [7, 11) is 0. The first-order chi connectivity index (χ1) is 13.3. The zero-order valence-corrected chi connectivity index (χ0v) is 17.2. The van der Waals surface area contributed by atoms with Crippen molar-refractivity contribution in [2.24, 2.45) is 5.92 Å². The molecule has 1 aliphatic heterocycles. The highest BCUT2D eigenvalue weighted by Crippen LogP contribution is 2.31. The van der Waals surface area contributed by atoms with E-state index in [9.17, 15) is 9.59 Å². The summed E-state index contributed by atoms with van der Waals surface area (Å²) in [4.78, 5) is 31.4. The van der Waals surface area contributed by atoms with Gasteiger partial charge in [-0.2, -0.15) is 5.10 Å². The molecule has 2 atom stereocenters. The molecule has 8 heteroatoms. The summed E-state index contributed by atoms with van der Waals surface area (Å²) in [5.74, 6) is 1.57. The Morgan fingerprint density at radius 2 is 2.04 bits per heavy atom. The van der Waals surface area contributed by atoms with Crippen LogP contribution in [0.3, 0.4) is 0 Å². The Kier molecular flexibility index (Phi) is 6.34. The van der Waals surface area contributed by atoms with E-state index in [2.05, 4.69) is 20.5 Å². The lowest BCUT2D eigenvalue weighted by Gasteiger charge is -2.22. The third-order valence-corrected chi connectivity index (χ3v) is 5.01. The second-order valence-electron chi connectivity index (χ2n) is 7.74. The van der Waals surface area contributed by atoms with Gasteiger partial charge in [0.15, 0.2) is 5.82 Å². The van der Waals surface area contributed by atoms with Crippen LogP contribution in [0.5, 0.6) is 0 Å². The lowest BCUT2D eigenvalue weighted by atomic mass is 10.1. The number of aryl methyl sites for hydroxylation is 1. The molecule has 7 nitrogen and oxygen atoms in total. The lowest BCUT2D eigenvalue weighted by molar-refractivity contribution is -0.132. The Bertz CT molecular complexity index is 833. The first kappa shape index (κ1) is 20.3. The van der Waals surface area contributed by atoms with E-state index >= 15 is 0 Å². The van der Waals surface area contributed by atoms with E-state index in [1.54, 1.807) is 17.0 Å². The van der Waals surface area contributed by atoms with E-state index < -0.39 is 0 Å². The van der Waals surface area contributed by atoms with Crippen LogP contribution >= 0.6 is 11.6 Å². The average Bonchev–Trinajstić information content (AvgIpc) is 3.22. The third-order valence-electron chi connectivity index (χ3n) is 4.76. The summed E-state index contributed by atoms with van der Waals surface area (Å²) in [6, 6.07) is 6.89. The molecule has 28 heavy (non-hydrogen) atoms. The molecule has 1 aromatic carbocycles. The van der Waals surface area contributed by atoms with Gasteiger partial charge >= 0.3 is 0 Å². The van der Waals surface area contributed by atoms with Crippen molar-refractivity contribution in [3.8, 4) is 0 Å². The van der Waals surface area contributed by atoms with Crippen molar-refractivity contribution in [3.05, 3.63) is 46.5 Å². The van der Waals surface area contributed by atoms with Gasteiger partial charge < -0.3 is 10.2 Å². The molecular formula is C20H26ClN5O2. The predicted octanol–water partition coefficient (Wildman–Crippen LogP) is 2.81. The van der Waals surface area contributed by atoms with Gasteiger partial charge in [-0.3, -0.25) is 14.7 Å². The fraction of sp³-hybridized carbons (Fsp3) is 0.500. The molecule has 2 amide bonds. The van der Waals surface area contributed by atoms with Crippen molar-refractivity contribution in [2.75, 3.05) is 6.54 Å². The number of aromatic nitrogens is 3. The van der Waals surface area contributed by atoms with E-state index in [4.69, 9.17) is 11.6 Å². The number of nitrogens with zero attached hydrogens (tertiary/aromatic N) is 3. The molecule has 150 valence electrons. The molecule has 1 aromatic heterocycles. The first-order valence-electron chi connectivity index (χ1n) is 9.54. The van der Waals surface area contributed by atoms with Crippen LogP contribution in [0.25, 0.3) is 0 Å². The minimum atomic E-state index is -0.255. The zero-order chi connectivity index (χ0) is 20.3. The summed E-state index contributed by atoms with van der Waals surface area (Å²) < 4.78 is 0. The number of likely N-dealkylation sites (tertiary alicyclic amines) is 1. The van der Waals surface area contributed by atoms with Gasteiger partial charge in [-0.1, -0.05) is 37.6 Å². The highest BCUT2D eigenvalue weighted by Gasteiger charge is 2.38. The fourth-order valence-electron chi connectivity index (χ4n) is 3.51. The molecule has 1 fully saturated rings. The van der Waals surface area contributed by atoms with Crippen LogP contribution < -0.4 is 5.32 Å². The van der Waals surface area contributed by atoms with Crippen LogP contribution in [0.1, 0.15) is 49.9 Å². The SMILES string of the molecule is Cc1nc([C@@H]2C[C@H](NC(=O)CC(C)C)CN2C(=O)Cc2ccc(Cl)cc2)n[nH]1. The number of nitrogens with one attached hydrogen (secondary N) is 2. The molecule has 0 unspecified atom stereocenters. The second kappa shape index (κ2) is 8.73. The fourth-order valence-corrected chi connectivity index (χ4v) is 3.63. The van der Waals surface area contributed by atoms with Crippen molar-refractivity contribution in [2.45, 2.75) is 52.1 Å². The largest absolute Gasteiger partial charge is 0.351 e. The second-order valence-corrected chi connectivity index (χ2v) is 8.18. The molecule has 0 aliphatic carbocycles. The van der Waals surface area contributed by atoms with Gasteiger partial charge in [0.1, 0.15) is 5.82 Å². The molecule has 2 N–H and O–H groups in total. The number of benzene rings is 1. The third kappa shape index (κ3) is 5.10. The van der Waals surface area contributed by atoms with Gasteiger partial charge in [-0.25, -0.2) is 4.98 Å². The van der Waals surface area contributed by atoms with Crippen LogP contribution in [0.15, 0.2) is 24.3 Å². The molecular weight excluding hydrogens is 378 g/mol. The first-order valence-corrected chi connectivity index (χ1v) is 9.91. The van der Waals surface area contributed by atoms with Gasteiger partial charge in [0.25, 0.3) is 0 Å². The number of rotatable bonds is 6. The minimum absolute atomic E-state index is 0.0110. The number of amides is 2. The van der Waals surface area contributed by atoms with Gasteiger partial charge in [0, 0.05) is 24.0 Å². The Morgan fingerprint density at radius 1 is 1.32 bits per heavy atom. The van der Waals surface area contributed by atoms with Crippen molar-refractivity contribution < 1.29 is 9.59 Å². The average molecular weight is 404 g/mol. The summed E-state index contributed by atoms with van der Waals surface area (Å²) in [6.45, 7) is 6.30. The van der Waals surface area contributed by atoms with Gasteiger partial charge in [0.05, 0.1) is 12.5 Å². The topological polar surface area (TPSA) is 91.0 Å². The number of hydrogen-bond acceptors (Lipinski definition) is 4. The van der Waals surface area contributed by atoms with Crippen LogP contribution in [0.2, 0.25) is 5.02 Å². The standard InChI is InChI=1S/C20H26ClN5O2/c1-12(2)8-18(27)23-16-10-17(20-22-13(3)24-25-20)26(11-16)19(28)9-14-4-6-15(21)7-5-14/h4-7,12,16-17H,8-11H2,1-3H3,(H,23,27)(H,22,24,25)/t16-,17-/m0/s1. The van der Waals surface area contributed by atoms with Gasteiger partial charge in [0.2, 0.25) is 11.8 Å². The van der Waals surface area contributed by atoms with Crippen molar-refractivity contribution >= 4 is 23.4 Å². The van der Waals surface area contributed by atoms with Gasteiger partial charge in [-0.15, -0.1) is 0 Å². The zero-order valence-electron chi connectivity index (χ0n) is 16.4. The molecule has 2 aromatic rings. The minimum Gasteiger partial charge on any atom is -0.351 e. The summed E-state index contributed by atoms with van der Waals surface area (Å²) in [5.41, 5.74) is 0.895. The lowest BCUT2D eigenvalue weighted by Crippen LogP contribution is -2.39. The van der Waals surface area contributed by atoms with E-state index in [1.165, 1.54) is 0 Å². The highest BCUT2D eigenvalue weighted by atomic mass is 35.5. The Balaban J connectivity index is 1.74. The summed E-state index contributed by atoms with van der Waals surface area (Å²) >= 11 is 5.93. The number of hydrogen-bond donors (Lipinski definition) is 2. The van der Waals surface area contributed by atoms with Crippen LogP contribution in [-0.2, 0) is 16.0 Å². The number of halogens is 1. The summed E-state index contributed by atoms with van der Waals surface area (Å²) in [6.07, 6.45) is 1.34. The van der Waals surface area contributed by atoms with Crippen LogP contribution in [-0.4, -0.2) is 44.5 Å². The molecule has 1 saturated heterocycles. The molecule has 0 bridgehead atoms. The van der Waals surface area contributed by atoms with Crippen LogP contribution in [0, 0.1) is 12.8 Å². The molecule has 0 saturated carbocycles. The maximum absolute atomic E-state index is 13.0. The van der Waals surface area contributed by atoms with Crippen molar-refractivity contribution in [1.82, 2.24) is 25.4 Å². The van der Waals surface area contributed by atoms with Crippen molar-refractivity contribution in [3.63, 3.8) is 0 Å². The quantitative estimate of drug-likeness (QED) is 0.775. The number of carbonyl (C=O) groups excluding carboxylic acids is 2. The number of H-pyrrole nitrogens is 1. The molecule has 2 heterocycles. The maximum atomic E-state index is 13.0. The van der Waals surface area contributed by atoms with Crippen molar-refractivity contribution in [1.29, 1.82) is 0 Å². The number of aromatic amines is 1. The monoisotopic (exact) mass is 403 g/mol. The summed E-state index contributed by atoms with van der Waals surface area (Å²) in [5, 5.41) is 10.8. The van der Waals surface area contributed by atoms with Gasteiger partial charge in [-0.05, 0) is 37.0 Å². The molecule has 3 rings (SSSR count). The Labute approximate surface area is 169 Å². The Hall–Kier alpha value is -2.41. The molecule has 1 aliphatic rings. The van der Waals surface area contributed by atoms with E-state index in [0.29, 0.717) is 36.1 Å². The smallest absolute Gasteiger partial charge is 0.227 e. The van der Waals surface area contributed by atoms with E-state index in [1.807, 2.05) is 32.9 Å². The molecule has 0 spiro atoms. The normalized spacial score (nSPS) is 19.2.